The van der Waals surface area contributed by atoms with Crippen LogP contribution in [0.2, 0.25) is 5.02 Å². The lowest BCUT2D eigenvalue weighted by molar-refractivity contribution is 0.103. The fourth-order valence-corrected chi connectivity index (χ4v) is 5.92. The molecule has 4 rings (SSSR count). The molecule has 9 heteroatoms. The van der Waals surface area contributed by atoms with Crippen molar-refractivity contribution in [3.63, 3.8) is 0 Å². The molecule has 33 heavy (non-hydrogen) atoms. The van der Waals surface area contributed by atoms with Crippen LogP contribution in [0.25, 0.3) is 10.1 Å². The number of amides is 1. The number of methoxy groups -OCH3 is 1. The number of rotatable bonds is 7. The minimum atomic E-state index is -3.68. The zero-order chi connectivity index (χ0) is 23.6. The Morgan fingerprint density at radius 3 is 2.42 bits per heavy atom. The zero-order valence-corrected chi connectivity index (χ0v) is 20.3. The molecular formula is C24H21ClN2O4S2. The fourth-order valence-electron chi connectivity index (χ4n) is 3.32. The van der Waals surface area contributed by atoms with Crippen LogP contribution >= 0.6 is 22.9 Å². The van der Waals surface area contributed by atoms with Gasteiger partial charge >= 0.3 is 0 Å². The number of benzene rings is 3. The van der Waals surface area contributed by atoms with Gasteiger partial charge in [0.25, 0.3) is 5.91 Å². The third-order valence-electron chi connectivity index (χ3n) is 5.11. The first kappa shape index (κ1) is 23.3. The highest BCUT2D eigenvalue weighted by molar-refractivity contribution is 7.89. The van der Waals surface area contributed by atoms with E-state index < -0.39 is 10.0 Å². The van der Waals surface area contributed by atoms with Gasteiger partial charge in [-0.1, -0.05) is 41.9 Å². The fraction of sp³-hybridized carbons (Fsp3) is 0.125. The lowest BCUT2D eigenvalue weighted by atomic mass is 10.2. The summed E-state index contributed by atoms with van der Waals surface area (Å²) < 4.78 is 33.2. The Morgan fingerprint density at radius 2 is 1.76 bits per heavy atom. The summed E-state index contributed by atoms with van der Waals surface area (Å²) in [5.74, 6) is 0.318. The second-order valence-electron chi connectivity index (χ2n) is 7.33. The maximum absolute atomic E-state index is 12.9. The molecule has 0 atom stereocenters. The lowest BCUT2D eigenvalue weighted by Gasteiger charge is -2.17. The quantitative estimate of drug-likeness (QED) is 0.356. The van der Waals surface area contributed by atoms with Crippen molar-refractivity contribution in [1.29, 1.82) is 0 Å². The summed E-state index contributed by atoms with van der Waals surface area (Å²) in [5, 5.41) is 3.93. The van der Waals surface area contributed by atoms with Crippen molar-refractivity contribution in [3.05, 3.63) is 88.3 Å². The van der Waals surface area contributed by atoms with Crippen LogP contribution in [-0.4, -0.2) is 32.8 Å². The van der Waals surface area contributed by atoms with E-state index >= 15 is 0 Å². The second kappa shape index (κ2) is 9.52. The van der Waals surface area contributed by atoms with E-state index in [1.807, 2.05) is 42.5 Å². The number of sulfonamides is 1. The molecule has 0 saturated heterocycles. The topological polar surface area (TPSA) is 75.7 Å². The minimum absolute atomic E-state index is 0.144. The first-order valence-corrected chi connectivity index (χ1v) is 12.6. The molecule has 0 fully saturated rings. The van der Waals surface area contributed by atoms with Crippen LogP contribution in [0.4, 0.5) is 5.69 Å². The van der Waals surface area contributed by atoms with Crippen molar-refractivity contribution in [2.45, 2.75) is 11.4 Å². The van der Waals surface area contributed by atoms with Crippen LogP contribution in [0.3, 0.4) is 0 Å². The Bertz CT molecular complexity index is 1400. The van der Waals surface area contributed by atoms with Gasteiger partial charge in [0.1, 0.15) is 10.6 Å². The second-order valence-corrected chi connectivity index (χ2v) is 10.8. The van der Waals surface area contributed by atoms with Crippen molar-refractivity contribution in [2.75, 3.05) is 19.5 Å². The Labute approximate surface area is 201 Å². The first-order valence-electron chi connectivity index (χ1n) is 9.97. The molecule has 0 aliphatic rings. The van der Waals surface area contributed by atoms with Gasteiger partial charge < -0.3 is 10.1 Å². The number of anilines is 1. The lowest BCUT2D eigenvalue weighted by Crippen LogP contribution is -2.26. The van der Waals surface area contributed by atoms with Crippen LogP contribution in [0.15, 0.2) is 77.7 Å². The Balaban J connectivity index is 1.50. The molecule has 1 amide bonds. The average molecular weight is 501 g/mol. The molecule has 0 aliphatic carbocycles. The van der Waals surface area contributed by atoms with Crippen molar-refractivity contribution < 1.29 is 17.9 Å². The van der Waals surface area contributed by atoms with Crippen molar-refractivity contribution in [2.24, 2.45) is 0 Å². The maximum atomic E-state index is 12.9. The number of thiophene rings is 1. The van der Waals surface area contributed by atoms with E-state index in [0.29, 0.717) is 21.3 Å². The summed E-state index contributed by atoms with van der Waals surface area (Å²) >= 11 is 7.69. The molecular weight excluding hydrogens is 480 g/mol. The number of carbonyl (C=O) groups excluding carboxylic acids is 1. The van der Waals surface area contributed by atoms with Crippen molar-refractivity contribution in [1.82, 2.24) is 4.31 Å². The van der Waals surface area contributed by atoms with Gasteiger partial charge in [0.05, 0.1) is 17.0 Å². The van der Waals surface area contributed by atoms with Gasteiger partial charge in [0.15, 0.2) is 0 Å². The number of fused-ring (bicyclic) bond motifs is 1. The Kier molecular flexibility index (Phi) is 6.71. The van der Waals surface area contributed by atoms with Crippen molar-refractivity contribution in [3.8, 4) is 5.75 Å². The van der Waals surface area contributed by atoms with Crippen LogP contribution in [0.1, 0.15) is 15.2 Å². The van der Waals surface area contributed by atoms with Gasteiger partial charge in [0.2, 0.25) is 10.0 Å². The van der Waals surface area contributed by atoms with Gasteiger partial charge in [0, 0.05) is 29.4 Å². The highest BCUT2D eigenvalue weighted by atomic mass is 35.5. The summed E-state index contributed by atoms with van der Waals surface area (Å²) in [5.41, 5.74) is 1.36. The predicted molar refractivity (Wildman–Crippen MR) is 133 cm³/mol. The molecule has 0 spiro atoms. The molecule has 170 valence electrons. The highest BCUT2D eigenvalue weighted by Crippen LogP contribution is 2.37. The smallest absolute Gasteiger partial charge is 0.267 e. The standard InChI is InChI=1S/C24H21ClN2O4S2/c1-27(15-16-6-4-3-5-7-16)33(29,30)19-11-8-17(9-12-19)26-24(28)23-22(25)20-13-10-18(31-2)14-21(20)32-23/h3-14H,15H2,1-2H3,(H,26,28). The molecule has 0 saturated carbocycles. The zero-order valence-electron chi connectivity index (χ0n) is 17.9. The number of ether oxygens (including phenoxy) is 1. The number of hydrogen-bond donors (Lipinski definition) is 1. The van der Waals surface area contributed by atoms with Crippen LogP contribution in [0.5, 0.6) is 5.75 Å². The predicted octanol–water partition coefficient (Wildman–Crippen LogP) is 5.64. The molecule has 3 aromatic carbocycles. The van der Waals surface area contributed by atoms with Gasteiger partial charge in [-0.2, -0.15) is 4.31 Å². The Morgan fingerprint density at radius 1 is 1.06 bits per heavy atom. The third kappa shape index (κ3) is 4.89. The monoisotopic (exact) mass is 500 g/mol. The van der Waals surface area contributed by atoms with E-state index in [4.69, 9.17) is 16.3 Å². The molecule has 0 radical (unpaired) electrons. The van der Waals surface area contributed by atoms with E-state index in [-0.39, 0.29) is 17.3 Å². The highest BCUT2D eigenvalue weighted by Gasteiger charge is 2.22. The van der Waals surface area contributed by atoms with Gasteiger partial charge in [-0.3, -0.25) is 4.79 Å². The first-order chi connectivity index (χ1) is 15.8. The van der Waals surface area contributed by atoms with Gasteiger partial charge in [-0.05, 0) is 48.0 Å². The summed E-state index contributed by atoms with van der Waals surface area (Å²) in [6.07, 6.45) is 0. The SMILES string of the molecule is COc1ccc2c(Cl)c(C(=O)Nc3ccc(S(=O)(=O)N(C)Cc4ccccc4)cc3)sc2c1. The molecule has 1 aromatic heterocycles. The summed E-state index contributed by atoms with van der Waals surface area (Å²) in [7, 11) is -0.561. The van der Waals surface area contributed by atoms with Crippen LogP contribution < -0.4 is 10.1 Å². The number of nitrogens with zero attached hydrogens (tertiary/aromatic N) is 1. The van der Waals surface area contributed by atoms with E-state index in [9.17, 15) is 13.2 Å². The van der Waals surface area contributed by atoms with E-state index in [1.54, 1.807) is 25.3 Å². The van der Waals surface area contributed by atoms with Gasteiger partial charge in [-0.25, -0.2) is 8.42 Å². The molecule has 1 heterocycles. The molecule has 0 bridgehead atoms. The number of carbonyl (C=O) groups is 1. The van der Waals surface area contributed by atoms with Crippen LogP contribution in [0, 0.1) is 0 Å². The van der Waals surface area contributed by atoms with Crippen LogP contribution in [-0.2, 0) is 16.6 Å². The number of nitrogens with one attached hydrogen (secondary N) is 1. The largest absolute Gasteiger partial charge is 0.497 e. The molecule has 1 N–H and O–H groups in total. The van der Waals surface area contributed by atoms with Gasteiger partial charge in [-0.15, -0.1) is 11.3 Å². The molecule has 6 nitrogen and oxygen atoms in total. The third-order valence-corrected chi connectivity index (χ3v) is 8.58. The van der Waals surface area contributed by atoms with Crippen molar-refractivity contribution >= 4 is 54.6 Å². The number of halogens is 1. The van der Waals surface area contributed by atoms with E-state index in [0.717, 1.165) is 15.6 Å². The maximum Gasteiger partial charge on any atom is 0.267 e. The molecule has 0 unspecified atom stereocenters. The normalized spacial score (nSPS) is 11.6. The summed E-state index contributed by atoms with van der Waals surface area (Å²) in [6, 6.07) is 20.9. The number of hydrogen-bond acceptors (Lipinski definition) is 5. The Hall–Kier alpha value is -2.91. The minimum Gasteiger partial charge on any atom is -0.497 e. The van der Waals surface area contributed by atoms with E-state index in [2.05, 4.69) is 5.32 Å². The average Bonchev–Trinajstić information content (AvgIpc) is 3.15. The summed E-state index contributed by atoms with van der Waals surface area (Å²) in [4.78, 5) is 13.3. The van der Waals surface area contributed by atoms with E-state index in [1.165, 1.54) is 34.8 Å². The summed E-state index contributed by atoms with van der Waals surface area (Å²) in [6.45, 7) is 0.261. The molecule has 0 aliphatic heterocycles. The molecule has 4 aromatic rings.